The molecule has 116 valence electrons. The first-order chi connectivity index (χ1) is 10.2. The topological polar surface area (TPSA) is 96.4 Å². The summed E-state index contributed by atoms with van der Waals surface area (Å²) in [5.41, 5.74) is -0.213. The van der Waals surface area contributed by atoms with Crippen LogP contribution in [-0.2, 0) is 10.0 Å². The number of sulfonamides is 1. The Morgan fingerprint density at radius 1 is 1.14 bits per heavy atom. The molecule has 0 bridgehead atoms. The molecule has 0 aliphatic carbocycles. The Balaban J connectivity index is 2.41. The number of benzene rings is 1. The fraction of sp³-hybridized carbons (Fsp3) is 0. The largest absolute Gasteiger partial charge is 0.478 e. The molecular weight excluding hydrogens is 375 g/mol. The molecule has 0 atom stereocenters. The molecule has 0 spiro atoms. The predicted molar refractivity (Wildman–Crippen MR) is 83.5 cm³/mol. The van der Waals surface area contributed by atoms with E-state index in [0.717, 1.165) is 6.07 Å². The Labute approximate surface area is 140 Å². The highest BCUT2D eigenvalue weighted by Gasteiger charge is 2.20. The number of aromatic carboxylic acids is 1. The van der Waals surface area contributed by atoms with Gasteiger partial charge in [-0.25, -0.2) is 18.2 Å². The van der Waals surface area contributed by atoms with Gasteiger partial charge >= 0.3 is 5.97 Å². The molecule has 22 heavy (non-hydrogen) atoms. The van der Waals surface area contributed by atoms with Gasteiger partial charge < -0.3 is 5.11 Å². The summed E-state index contributed by atoms with van der Waals surface area (Å²) in [6.07, 6.45) is 0. The third-order valence-electron chi connectivity index (χ3n) is 2.52. The standard InChI is InChI=1S/C12H7Cl3N2O4S/c13-8-2-1-6(5-7(8)12(18)19)17-22(20,21)9-3-4-10(14)16-11(9)15/h1-5,17H,(H,18,19). The van der Waals surface area contributed by atoms with Gasteiger partial charge in [0.2, 0.25) is 0 Å². The van der Waals surface area contributed by atoms with E-state index in [1.165, 1.54) is 24.3 Å². The Bertz CT molecular complexity index is 855. The van der Waals surface area contributed by atoms with Crippen molar-refractivity contribution >= 4 is 56.5 Å². The Kier molecular flexibility index (Phi) is 4.81. The lowest BCUT2D eigenvalue weighted by molar-refractivity contribution is 0.0697. The molecule has 10 heteroatoms. The number of aromatic nitrogens is 1. The highest BCUT2D eigenvalue weighted by molar-refractivity contribution is 7.92. The summed E-state index contributed by atoms with van der Waals surface area (Å²) in [4.78, 5) is 14.3. The monoisotopic (exact) mass is 380 g/mol. The highest BCUT2D eigenvalue weighted by Crippen LogP contribution is 2.26. The van der Waals surface area contributed by atoms with Gasteiger partial charge in [-0.3, -0.25) is 4.72 Å². The Hall–Kier alpha value is -1.54. The number of pyridine rings is 1. The van der Waals surface area contributed by atoms with E-state index in [2.05, 4.69) is 9.71 Å². The number of carboxylic acid groups (broad SMARTS) is 1. The number of hydrogen-bond acceptors (Lipinski definition) is 4. The van der Waals surface area contributed by atoms with Crippen molar-refractivity contribution in [3.8, 4) is 0 Å². The molecule has 2 aromatic rings. The third-order valence-corrected chi connectivity index (χ3v) is 4.87. The van der Waals surface area contributed by atoms with Crippen LogP contribution in [0.5, 0.6) is 0 Å². The Morgan fingerprint density at radius 2 is 1.82 bits per heavy atom. The van der Waals surface area contributed by atoms with Crippen molar-refractivity contribution in [3.05, 3.63) is 51.2 Å². The molecule has 0 aliphatic rings. The molecule has 1 aromatic heterocycles. The highest BCUT2D eigenvalue weighted by atomic mass is 35.5. The van der Waals surface area contributed by atoms with Gasteiger partial charge in [-0.15, -0.1) is 0 Å². The van der Waals surface area contributed by atoms with E-state index in [-0.39, 0.29) is 31.5 Å². The van der Waals surface area contributed by atoms with Gasteiger partial charge in [0.05, 0.1) is 10.6 Å². The van der Waals surface area contributed by atoms with Gasteiger partial charge in [0.25, 0.3) is 10.0 Å². The van der Waals surface area contributed by atoms with Crippen LogP contribution in [-0.4, -0.2) is 24.5 Å². The second kappa shape index (κ2) is 6.29. The number of rotatable bonds is 4. The molecule has 2 rings (SSSR count). The lowest BCUT2D eigenvalue weighted by Crippen LogP contribution is -2.14. The summed E-state index contributed by atoms with van der Waals surface area (Å²) in [7, 11) is -4.06. The average Bonchev–Trinajstić information content (AvgIpc) is 2.39. The molecular formula is C12H7Cl3N2O4S. The molecule has 0 radical (unpaired) electrons. The van der Waals surface area contributed by atoms with Crippen LogP contribution in [0.15, 0.2) is 35.2 Å². The second-order valence-electron chi connectivity index (χ2n) is 4.03. The molecule has 0 aliphatic heterocycles. The first-order valence-corrected chi connectivity index (χ1v) is 8.20. The molecule has 0 fully saturated rings. The number of carboxylic acids is 1. The van der Waals surface area contributed by atoms with Crippen molar-refractivity contribution < 1.29 is 18.3 Å². The molecule has 0 saturated carbocycles. The van der Waals surface area contributed by atoms with Crippen molar-refractivity contribution in [2.45, 2.75) is 4.90 Å². The van der Waals surface area contributed by atoms with Crippen LogP contribution in [0.3, 0.4) is 0 Å². The molecule has 1 heterocycles. The number of nitrogens with one attached hydrogen (secondary N) is 1. The maximum Gasteiger partial charge on any atom is 0.337 e. The minimum Gasteiger partial charge on any atom is -0.478 e. The number of carbonyl (C=O) groups is 1. The molecule has 2 N–H and O–H groups in total. The van der Waals surface area contributed by atoms with Crippen LogP contribution < -0.4 is 4.72 Å². The van der Waals surface area contributed by atoms with E-state index in [0.29, 0.717) is 0 Å². The van der Waals surface area contributed by atoms with Gasteiger partial charge in [-0.1, -0.05) is 34.8 Å². The third kappa shape index (κ3) is 3.61. The smallest absolute Gasteiger partial charge is 0.337 e. The van der Waals surface area contributed by atoms with E-state index in [4.69, 9.17) is 39.9 Å². The van der Waals surface area contributed by atoms with Crippen molar-refractivity contribution in [3.63, 3.8) is 0 Å². The van der Waals surface area contributed by atoms with E-state index in [9.17, 15) is 13.2 Å². The number of halogens is 3. The zero-order chi connectivity index (χ0) is 16.5. The fourth-order valence-corrected chi connectivity index (χ4v) is 3.47. The molecule has 0 amide bonds. The summed E-state index contributed by atoms with van der Waals surface area (Å²) in [5.74, 6) is -1.28. The lowest BCUT2D eigenvalue weighted by atomic mass is 10.2. The molecule has 0 unspecified atom stereocenters. The van der Waals surface area contributed by atoms with Crippen LogP contribution in [0.25, 0.3) is 0 Å². The Morgan fingerprint density at radius 3 is 2.41 bits per heavy atom. The van der Waals surface area contributed by atoms with Gasteiger partial charge in [0.15, 0.2) is 5.15 Å². The number of nitrogens with zero attached hydrogens (tertiary/aromatic N) is 1. The summed E-state index contributed by atoms with van der Waals surface area (Å²) in [6, 6.07) is 6.15. The quantitative estimate of drug-likeness (QED) is 0.790. The summed E-state index contributed by atoms with van der Waals surface area (Å²) < 4.78 is 26.7. The summed E-state index contributed by atoms with van der Waals surface area (Å²) >= 11 is 17.1. The van der Waals surface area contributed by atoms with Crippen molar-refractivity contribution in [1.82, 2.24) is 4.98 Å². The summed E-state index contributed by atoms with van der Waals surface area (Å²) in [5, 5.41) is 8.71. The average molecular weight is 382 g/mol. The first kappa shape index (κ1) is 16.8. The zero-order valence-corrected chi connectivity index (χ0v) is 13.6. The molecule has 1 aromatic carbocycles. The normalized spacial score (nSPS) is 11.2. The van der Waals surface area contributed by atoms with E-state index in [1.807, 2.05) is 0 Å². The van der Waals surface area contributed by atoms with E-state index in [1.54, 1.807) is 0 Å². The van der Waals surface area contributed by atoms with Crippen LogP contribution in [0.2, 0.25) is 15.3 Å². The lowest BCUT2D eigenvalue weighted by Gasteiger charge is -2.10. The minimum atomic E-state index is -4.06. The first-order valence-electron chi connectivity index (χ1n) is 5.58. The van der Waals surface area contributed by atoms with E-state index < -0.39 is 16.0 Å². The maximum absolute atomic E-state index is 12.2. The molecule has 6 nitrogen and oxygen atoms in total. The number of hydrogen-bond donors (Lipinski definition) is 2. The van der Waals surface area contributed by atoms with Gasteiger partial charge in [0.1, 0.15) is 10.0 Å². The van der Waals surface area contributed by atoms with E-state index >= 15 is 0 Å². The number of anilines is 1. The second-order valence-corrected chi connectivity index (χ2v) is 6.83. The van der Waals surface area contributed by atoms with Crippen LogP contribution >= 0.6 is 34.8 Å². The van der Waals surface area contributed by atoms with Crippen LogP contribution in [0.1, 0.15) is 10.4 Å². The van der Waals surface area contributed by atoms with Crippen LogP contribution in [0, 0.1) is 0 Å². The van der Waals surface area contributed by atoms with Crippen LogP contribution in [0.4, 0.5) is 5.69 Å². The zero-order valence-electron chi connectivity index (χ0n) is 10.5. The summed E-state index contributed by atoms with van der Waals surface area (Å²) in [6.45, 7) is 0. The maximum atomic E-state index is 12.2. The predicted octanol–water partition coefficient (Wildman–Crippen LogP) is 3.54. The SMILES string of the molecule is O=C(O)c1cc(NS(=O)(=O)c2ccc(Cl)nc2Cl)ccc1Cl. The van der Waals surface area contributed by atoms with Crippen molar-refractivity contribution in [2.24, 2.45) is 0 Å². The molecule has 0 saturated heterocycles. The fourth-order valence-electron chi connectivity index (χ4n) is 1.56. The van der Waals surface area contributed by atoms with Crippen molar-refractivity contribution in [1.29, 1.82) is 0 Å². The van der Waals surface area contributed by atoms with Gasteiger partial charge in [-0.2, -0.15) is 0 Å². The van der Waals surface area contributed by atoms with Gasteiger partial charge in [-0.05, 0) is 30.3 Å². The minimum absolute atomic E-state index is 0.0124. The van der Waals surface area contributed by atoms with Gasteiger partial charge in [0, 0.05) is 5.69 Å². The van der Waals surface area contributed by atoms with Crippen molar-refractivity contribution in [2.75, 3.05) is 4.72 Å².